The van der Waals surface area contributed by atoms with Gasteiger partial charge in [-0.1, -0.05) is 49.4 Å². The van der Waals surface area contributed by atoms with Crippen LogP contribution in [0.2, 0.25) is 0 Å². The number of nitrogens with one attached hydrogen (secondary N) is 1. The van der Waals surface area contributed by atoms with E-state index in [0.29, 0.717) is 0 Å². The van der Waals surface area contributed by atoms with Crippen molar-refractivity contribution >= 4 is 23.2 Å². The number of rotatable bonds is 5. The first-order valence-corrected chi connectivity index (χ1v) is 13.1. The van der Waals surface area contributed by atoms with Gasteiger partial charge in [0.25, 0.3) is 0 Å². The van der Waals surface area contributed by atoms with Crippen molar-refractivity contribution in [1.82, 2.24) is 14.5 Å². The van der Waals surface area contributed by atoms with Crippen molar-refractivity contribution in [2.75, 3.05) is 32.5 Å². The van der Waals surface area contributed by atoms with E-state index in [-0.39, 0.29) is 0 Å². The molecular weight excluding hydrogens is 456 g/mol. The van der Waals surface area contributed by atoms with Gasteiger partial charge in [-0.25, -0.2) is 4.99 Å². The lowest BCUT2D eigenvalue weighted by atomic mass is 10.1. The summed E-state index contributed by atoms with van der Waals surface area (Å²) in [6.07, 6.45) is 15.5. The summed E-state index contributed by atoms with van der Waals surface area (Å²) in [6, 6.07) is 14.6. The van der Waals surface area contributed by atoms with Crippen LogP contribution >= 0.6 is 0 Å². The van der Waals surface area contributed by atoms with E-state index in [4.69, 9.17) is 4.99 Å². The molecule has 2 heterocycles. The number of anilines is 1. The molecule has 2 aliphatic rings. The minimum Gasteiger partial charge on any atom is -0.360 e. The average Bonchev–Trinajstić information content (AvgIpc) is 3.35. The molecule has 0 amide bonds. The van der Waals surface area contributed by atoms with Gasteiger partial charge in [-0.05, 0) is 74.6 Å². The zero-order valence-corrected chi connectivity index (χ0v) is 22.3. The van der Waals surface area contributed by atoms with Gasteiger partial charge in [-0.3, -0.25) is 9.98 Å². The molecule has 1 saturated heterocycles. The third-order valence-electron chi connectivity index (χ3n) is 6.88. The molecule has 192 valence electrons. The van der Waals surface area contributed by atoms with Crippen LogP contribution in [0.4, 0.5) is 5.69 Å². The van der Waals surface area contributed by atoms with E-state index in [9.17, 15) is 0 Å². The van der Waals surface area contributed by atoms with E-state index < -0.39 is 0 Å². The highest BCUT2D eigenvalue weighted by atomic mass is 15.1. The Morgan fingerprint density at radius 1 is 1.03 bits per heavy atom. The Bertz CT molecular complexity index is 1320. The van der Waals surface area contributed by atoms with E-state index in [0.717, 1.165) is 40.8 Å². The molecule has 2 aromatic carbocycles. The van der Waals surface area contributed by atoms with Crippen molar-refractivity contribution in [3.63, 3.8) is 0 Å². The quantitative estimate of drug-likeness (QED) is 0.507. The van der Waals surface area contributed by atoms with E-state index in [1.54, 1.807) is 12.4 Å². The van der Waals surface area contributed by atoms with Crippen molar-refractivity contribution in [2.24, 2.45) is 17.0 Å². The molecule has 1 aromatic heterocycles. The summed E-state index contributed by atoms with van der Waals surface area (Å²) in [5, 5.41) is 3.43. The van der Waals surface area contributed by atoms with Gasteiger partial charge < -0.3 is 14.8 Å². The van der Waals surface area contributed by atoms with Gasteiger partial charge >= 0.3 is 0 Å². The maximum atomic E-state index is 4.85. The second-order valence-corrected chi connectivity index (χ2v) is 9.56. The number of likely N-dealkylation sites (tertiary alicyclic amines) is 1. The van der Waals surface area contributed by atoms with Crippen molar-refractivity contribution in [2.45, 2.75) is 32.1 Å². The van der Waals surface area contributed by atoms with E-state index in [1.807, 2.05) is 49.3 Å². The summed E-state index contributed by atoms with van der Waals surface area (Å²) in [5.74, 6) is 0. The Labute approximate surface area is 220 Å². The minimum absolute atomic E-state index is 0.774. The summed E-state index contributed by atoms with van der Waals surface area (Å²) in [4.78, 5) is 15.8. The zero-order chi connectivity index (χ0) is 26.0. The number of hydrogen-bond acceptors (Lipinski definition) is 5. The number of aliphatic imine (C=N–C) groups is 1. The number of aryl methyl sites for hydroxylation is 2. The highest BCUT2D eigenvalue weighted by molar-refractivity contribution is 6.04. The predicted molar refractivity (Wildman–Crippen MR) is 155 cm³/mol. The van der Waals surface area contributed by atoms with Crippen LogP contribution in [-0.4, -0.2) is 47.3 Å². The molecule has 0 bridgehead atoms. The molecular formula is C31H38N6. The molecule has 1 fully saturated rings. The molecule has 6 heteroatoms. The second kappa shape index (κ2) is 13.0. The average molecular weight is 495 g/mol. The van der Waals surface area contributed by atoms with Crippen LogP contribution in [0.25, 0.3) is 11.8 Å². The Hall–Kier alpha value is -3.77. The summed E-state index contributed by atoms with van der Waals surface area (Å²) in [7, 11) is 6.02. The lowest BCUT2D eigenvalue weighted by molar-refractivity contribution is 0.277. The molecule has 6 nitrogen and oxygen atoms in total. The van der Waals surface area contributed by atoms with Crippen LogP contribution in [0.1, 0.15) is 47.9 Å². The molecule has 0 saturated carbocycles. The largest absolute Gasteiger partial charge is 0.360 e. The molecule has 37 heavy (non-hydrogen) atoms. The number of piperidine rings is 1. The number of benzene rings is 2. The highest BCUT2D eigenvalue weighted by Gasteiger charge is 2.17. The predicted octanol–water partition coefficient (Wildman–Crippen LogP) is 5.54. The van der Waals surface area contributed by atoms with E-state index >= 15 is 0 Å². The third kappa shape index (κ3) is 7.14. The topological polar surface area (TPSA) is 57.8 Å². The van der Waals surface area contributed by atoms with E-state index in [1.165, 1.54) is 49.2 Å². The van der Waals surface area contributed by atoms with Crippen molar-refractivity contribution in [1.29, 1.82) is 0 Å². The molecule has 0 unspecified atom stereocenters. The van der Waals surface area contributed by atoms with E-state index in [2.05, 4.69) is 64.2 Å². The Morgan fingerprint density at radius 2 is 1.81 bits per heavy atom. The van der Waals surface area contributed by atoms with Crippen LogP contribution in [0.5, 0.6) is 0 Å². The van der Waals surface area contributed by atoms with Crippen molar-refractivity contribution in [3.05, 3.63) is 102 Å². The smallest absolute Gasteiger partial charge is 0.151 e. The van der Waals surface area contributed by atoms with Crippen LogP contribution in [0.15, 0.2) is 83.8 Å². The van der Waals surface area contributed by atoms with Gasteiger partial charge in [0.1, 0.15) is 0 Å². The Kier molecular flexibility index (Phi) is 9.22. The summed E-state index contributed by atoms with van der Waals surface area (Å²) in [5.41, 5.74) is 8.51. The number of fused-ring (bicyclic) bond motifs is 1. The maximum absolute atomic E-state index is 4.85. The van der Waals surface area contributed by atoms with Gasteiger partial charge in [0.2, 0.25) is 0 Å². The van der Waals surface area contributed by atoms with Gasteiger partial charge in [-0.2, -0.15) is 0 Å². The lowest BCUT2D eigenvalue weighted by Gasteiger charge is -2.20. The monoisotopic (exact) mass is 494 g/mol. The van der Waals surface area contributed by atoms with Crippen molar-refractivity contribution in [3.8, 4) is 0 Å². The minimum atomic E-state index is 0.774. The molecule has 1 N–H and O–H groups in total. The summed E-state index contributed by atoms with van der Waals surface area (Å²) >= 11 is 0. The standard InChI is InChI=1S/C25H25N5.C6H13N/c1-4-18-5-7-19(8-6-18)24(29-25-17-27-13-14-30(25)3)16-28-21-10-11-22-20(15-21)9-12-23(22)26-2;1-7-5-3-2-4-6-7/h4-8,10-11,13-17,28H,1,9,12H2,2-3H3;2-6H2,1H3/b24-16+,26-23?,29-25?;. The van der Waals surface area contributed by atoms with Crippen LogP contribution in [0.3, 0.4) is 0 Å². The Balaban J connectivity index is 0.000000396. The fraction of sp³-hybridized carbons (Fsp3) is 0.323. The molecule has 0 radical (unpaired) electrons. The zero-order valence-electron chi connectivity index (χ0n) is 22.3. The Morgan fingerprint density at radius 3 is 2.46 bits per heavy atom. The second-order valence-electron chi connectivity index (χ2n) is 9.56. The van der Waals surface area contributed by atoms with Crippen LogP contribution in [0, 0.1) is 0 Å². The lowest BCUT2D eigenvalue weighted by Crippen LogP contribution is -2.24. The maximum Gasteiger partial charge on any atom is 0.151 e. The van der Waals surface area contributed by atoms with Gasteiger partial charge in [0.05, 0.1) is 11.9 Å². The van der Waals surface area contributed by atoms with Crippen molar-refractivity contribution < 1.29 is 0 Å². The summed E-state index contributed by atoms with van der Waals surface area (Å²) in [6.45, 7) is 6.47. The van der Waals surface area contributed by atoms with Crippen LogP contribution in [-0.2, 0) is 13.5 Å². The molecule has 5 rings (SSSR count). The first kappa shape index (κ1) is 26.3. The molecule has 0 spiro atoms. The normalized spacial score (nSPS) is 17.2. The number of hydrogen-bond donors (Lipinski definition) is 1. The molecule has 0 atom stereocenters. The highest BCUT2D eigenvalue weighted by Crippen LogP contribution is 2.26. The number of aromatic nitrogens is 2. The molecule has 3 aromatic rings. The molecule has 1 aliphatic carbocycles. The fourth-order valence-corrected chi connectivity index (χ4v) is 4.61. The number of nitrogens with zero attached hydrogens (tertiary/aromatic N) is 5. The van der Waals surface area contributed by atoms with Gasteiger partial charge in [0.15, 0.2) is 5.49 Å². The first-order chi connectivity index (χ1) is 18.1. The van der Waals surface area contributed by atoms with Gasteiger partial charge in [-0.15, -0.1) is 0 Å². The summed E-state index contributed by atoms with van der Waals surface area (Å²) < 4.78 is 1.94. The fourth-order valence-electron chi connectivity index (χ4n) is 4.61. The SMILES string of the molecule is C=Cc1ccc(/C(=C\Nc2ccc3c(c2)CCC3=NC)N=c2cnccn2C)cc1.CN1CCCCC1. The van der Waals surface area contributed by atoms with Crippen LogP contribution < -0.4 is 10.8 Å². The molecule has 1 aliphatic heterocycles. The van der Waals surface area contributed by atoms with Gasteiger partial charge in [0, 0.05) is 49.7 Å². The third-order valence-corrected chi connectivity index (χ3v) is 6.88. The first-order valence-electron chi connectivity index (χ1n) is 13.1.